The molecule has 1 unspecified atom stereocenters. The molecule has 0 fully saturated rings. The quantitative estimate of drug-likeness (QED) is 0.540. The molecule has 0 bridgehead atoms. The number of aliphatic hydroxyl groups is 1. The average Bonchev–Trinajstić information content (AvgIpc) is 2.34. The highest BCUT2D eigenvalue weighted by molar-refractivity contribution is 7.99. The first-order chi connectivity index (χ1) is 7.86. The van der Waals surface area contributed by atoms with E-state index in [0.29, 0.717) is 6.04 Å². The molecule has 90 valence electrons. The summed E-state index contributed by atoms with van der Waals surface area (Å²) in [5.74, 6) is 1.08. The molecule has 16 heavy (non-hydrogen) atoms. The molecule has 0 aliphatic heterocycles. The van der Waals surface area contributed by atoms with Gasteiger partial charge in [0, 0.05) is 29.8 Å². The Morgan fingerprint density at radius 3 is 2.69 bits per heavy atom. The first-order valence-corrected chi connectivity index (χ1v) is 6.87. The maximum absolute atomic E-state index is 8.86. The summed E-state index contributed by atoms with van der Waals surface area (Å²) in [6.45, 7) is 3.42. The van der Waals surface area contributed by atoms with Crippen molar-refractivity contribution >= 4 is 11.8 Å². The molecule has 0 radical (unpaired) electrons. The maximum Gasteiger partial charge on any atom is 0.0445 e. The summed E-state index contributed by atoms with van der Waals surface area (Å²) in [7, 11) is 0. The Morgan fingerprint density at radius 1 is 1.31 bits per heavy atom. The highest BCUT2D eigenvalue weighted by atomic mass is 32.2. The Hall–Kier alpha value is -0.510. The molecule has 2 N–H and O–H groups in total. The third-order valence-corrected chi connectivity index (χ3v) is 3.53. The number of hydrogen-bond donors (Lipinski definition) is 2. The predicted octanol–water partition coefficient (Wildman–Crippen LogP) is 2.53. The third kappa shape index (κ3) is 5.54. The zero-order valence-electron chi connectivity index (χ0n) is 9.86. The van der Waals surface area contributed by atoms with Crippen LogP contribution < -0.4 is 5.32 Å². The maximum atomic E-state index is 8.86. The standard InChI is InChI=1S/C13H21NOS/c1-2-12(8-10-15)14-9-11-16-13-6-4-3-5-7-13/h3-7,12,14-15H,2,8-11H2,1H3. The van der Waals surface area contributed by atoms with E-state index in [2.05, 4.69) is 36.5 Å². The summed E-state index contributed by atoms with van der Waals surface area (Å²) in [6, 6.07) is 10.9. The van der Waals surface area contributed by atoms with E-state index in [9.17, 15) is 0 Å². The second-order valence-electron chi connectivity index (χ2n) is 3.73. The highest BCUT2D eigenvalue weighted by Crippen LogP contribution is 2.15. The Labute approximate surface area is 102 Å². The van der Waals surface area contributed by atoms with Gasteiger partial charge < -0.3 is 10.4 Å². The molecule has 1 aromatic rings. The van der Waals surface area contributed by atoms with Crippen molar-refractivity contribution in [3.8, 4) is 0 Å². The average molecular weight is 239 g/mol. The lowest BCUT2D eigenvalue weighted by molar-refractivity contribution is 0.263. The van der Waals surface area contributed by atoms with E-state index in [1.54, 1.807) is 0 Å². The summed E-state index contributed by atoms with van der Waals surface area (Å²) >= 11 is 1.87. The topological polar surface area (TPSA) is 32.3 Å². The molecule has 0 aromatic heterocycles. The largest absolute Gasteiger partial charge is 0.396 e. The molecule has 0 spiro atoms. The van der Waals surface area contributed by atoms with Crippen molar-refractivity contribution < 1.29 is 5.11 Å². The van der Waals surface area contributed by atoms with E-state index in [1.165, 1.54) is 4.90 Å². The molecule has 1 aromatic carbocycles. The zero-order chi connectivity index (χ0) is 11.6. The second-order valence-corrected chi connectivity index (χ2v) is 4.90. The van der Waals surface area contributed by atoms with Crippen LogP contribution in [-0.2, 0) is 0 Å². The van der Waals surface area contributed by atoms with Gasteiger partial charge in [-0.2, -0.15) is 0 Å². The minimum Gasteiger partial charge on any atom is -0.396 e. The van der Waals surface area contributed by atoms with Crippen LogP contribution in [0, 0.1) is 0 Å². The van der Waals surface area contributed by atoms with Gasteiger partial charge >= 0.3 is 0 Å². The van der Waals surface area contributed by atoms with Crippen LogP contribution in [0.4, 0.5) is 0 Å². The molecular weight excluding hydrogens is 218 g/mol. The minimum absolute atomic E-state index is 0.275. The Balaban J connectivity index is 2.11. The van der Waals surface area contributed by atoms with Crippen LogP contribution in [0.15, 0.2) is 35.2 Å². The molecule has 3 heteroatoms. The molecule has 0 aliphatic carbocycles. The van der Waals surface area contributed by atoms with Gasteiger partial charge in [-0.25, -0.2) is 0 Å². The fourth-order valence-corrected chi connectivity index (χ4v) is 2.36. The van der Waals surface area contributed by atoms with Crippen molar-refractivity contribution in [2.45, 2.75) is 30.7 Å². The van der Waals surface area contributed by atoms with Gasteiger partial charge in [-0.3, -0.25) is 0 Å². The molecular formula is C13H21NOS. The number of benzene rings is 1. The van der Waals surface area contributed by atoms with Crippen LogP contribution >= 0.6 is 11.8 Å². The lowest BCUT2D eigenvalue weighted by atomic mass is 10.1. The van der Waals surface area contributed by atoms with Crippen LogP contribution in [0.5, 0.6) is 0 Å². The van der Waals surface area contributed by atoms with E-state index < -0.39 is 0 Å². The third-order valence-electron chi connectivity index (χ3n) is 2.52. The van der Waals surface area contributed by atoms with Crippen molar-refractivity contribution in [2.75, 3.05) is 18.9 Å². The SMILES string of the molecule is CCC(CCO)NCCSc1ccccc1. The summed E-state index contributed by atoms with van der Waals surface area (Å²) in [4.78, 5) is 1.32. The number of thioether (sulfide) groups is 1. The van der Waals surface area contributed by atoms with Gasteiger partial charge in [0.2, 0.25) is 0 Å². The Morgan fingerprint density at radius 2 is 2.06 bits per heavy atom. The lowest BCUT2D eigenvalue weighted by Crippen LogP contribution is -2.31. The first-order valence-electron chi connectivity index (χ1n) is 5.89. The summed E-state index contributed by atoms with van der Waals surface area (Å²) in [5, 5.41) is 12.3. The van der Waals surface area contributed by atoms with Crippen molar-refractivity contribution in [1.29, 1.82) is 0 Å². The van der Waals surface area contributed by atoms with Crippen LogP contribution in [0.1, 0.15) is 19.8 Å². The van der Waals surface area contributed by atoms with Gasteiger partial charge in [-0.05, 0) is 25.0 Å². The smallest absolute Gasteiger partial charge is 0.0445 e. The van der Waals surface area contributed by atoms with Crippen LogP contribution in [0.25, 0.3) is 0 Å². The van der Waals surface area contributed by atoms with Gasteiger partial charge in [-0.15, -0.1) is 11.8 Å². The Bertz CT molecular complexity index is 266. The number of aliphatic hydroxyl groups excluding tert-OH is 1. The normalized spacial score (nSPS) is 12.6. The van der Waals surface area contributed by atoms with Crippen LogP contribution in [0.2, 0.25) is 0 Å². The van der Waals surface area contributed by atoms with Crippen LogP contribution in [-0.4, -0.2) is 30.1 Å². The van der Waals surface area contributed by atoms with Crippen LogP contribution in [0.3, 0.4) is 0 Å². The second kappa shape index (κ2) is 8.62. The van der Waals surface area contributed by atoms with Gasteiger partial charge in [0.1, 0.15) is 0 Å². The van der Waals surface area contributed by atoms with E-state index in [4.69, 9.17) is 5.11 Å². The summed E-state index contributed by atoms with van der Waals surface area (Å²) < 4.78 is 0. The molecule has 0 heterocycles. The zero-order valence-corrected chi connectivity index (χ0v) is 10.7. The lowest BCUT2D eigenvalue weighted by Gasteiger charge is -2.15. The van der Waals surface area contributed by atoms with E-state index in [0.717, 1.165) is 25.1 Å². The molecule has 2 nitrogen and oxygen atoms in total. The highest BCUT2D eigenvalue weighted by Gasteiger charge is 2.03. The number of nitrogens with one attached hydrogen (secondary N) is 1. The van der Waals surface area contributed by atoms with Gasteiger partial charge in [0.15, 0.2) is 0 Å². The molecule has 0 amide bonds. The van der Waals surface area contributed by atoms with Crippen molar-refractivity contribution in [1.82, 2.24) is 5.32 Å². The van der Waals surface area contributed by atoms with E-state index >= 15 is 0 Å². The van der Waals surface area contributed by atoms with Gasteiger partial charge in [0.25, 0.3) is 0 Å². The monoisotopic (exact) mass is 239 g/mol. The fraction of sp³-hybridized carbons (Fsp3) is 0.538. The minimum atomic E-state index is 0.275. The fourth-order valence-electron chi connectivity index (χ4n) is 1.56. The van der Waals surface area contributed by atoms with Crippen molar-refractivity contribution in [2.24, 2.45) is 0 Å². The molecule has 1 rings (SSSR count). The summed E-state index contributed by atoms with van der Waals surface area (Å²) in [6.07, 6.45) is 1.93. The summed E-state index contributed by atoms with van der Waals surface area (Å²) in [5.41, 5.74) is 0. The van der Waals surface area contributed by atoms with Gasteiger partial charge in [-0.1, -0.05) is 25.1 Å². The molecule has 1 atom stereocenters. The first kappa shape index (κ1) is 13.6. The Kier molecular flexibility index (Phi) is 7.30. The number of hydrogen-bond acceptors (Lipinski definition) is 3. The number of rotatable bonds is 8. The van der Waals surface area contributed by atoms with Gasteiger partial charge in [0.05, 0.1) is 0 Å². The van der Waals surface area contributed by atoms with Crippen molar-refractivity contribution in [3.05, 3.63) is 30.3 Å². The predicted molar refractivity (Wildman–Crippen MR) is 71.0 cm³/mol. The molecule has 0 saturated heterocycles. The van der Waals surface area contributed by atoms with E-state index in [-0.39, 0.29) is 6.61 Å². The van der Waals surface area contributed by atoms with Crippen molar-refractivity contribution in [3.63, 3.8) is 0 Å². The van der Waals surface area contributed by atoms with E-state index in [1.807, 2.05) is 17.8 Å². The molecule has 0 saturated carbocycles. The molecule has 0 aliphatic rings.